The summed E-state index contributed by atoms with van der Waals surface area (Å²) in [6.07, 6.45) is 3.87. The highest BCUT2D eigenvalue weighted by molar-refractivity contribution is 5.99. The van der Waals surface area contributed by atoms with E-state index < -0.39 is 0 Å². The Morgan fingerprint density at radius 1 is 1.25 bits per heavy atom. The van der Waals surface area contributed by atoms with Crippen molar-refractivity contribution in [3.63, 3.8) is 0 Å². The largest absolute Gasteiger partial charge is 0.460 e. The topological polar surface area (TPSA) is 76.6 Å². The molecule has 24 heavy (non-hydrogen) atoms. The summed E-state index contributed by atoms with van der Waals surface area (Å²) in [6.45, 7) is 1.92. The van der Waals surface area contributed by atoms with Crippen molar-refractivity contribution in [2.45, 2.75) is 19.9 Å². The van der Waals surface area contributed by atoms with Gasteiger partial charge >= 0.3 is 0 Å². The molecule has 0 aliphatic carbocycles. The number of hydrazone groups is 1. The van der Waals surface area contributed by atoms with Gasteiger partial charge < -0.3 is 8.98 Å². The molecular formula is C18H17N3O3. The zero-order valence-electron chi connectivity index (χ0n) is 13.2. The van der Waals surface area contributed by atoms with Gasteiger partial charge in [-0.3, -0.25) is 9.59 Å². The first kappa shape index (κ1) is 15.7. The molecular weight excluding hydrogens is 306 g/mol. The van der Waals surface area contributed by atoms with E-state index in [0.29, 0.717) is 0 Å². The number of amides is 1. The summed E-state index contributed by atoms with van der Waals surface area (Å²) in [5, 5.41) is 4.95. The maximum atomic E-state index is 11.9. The molecule has 0 radical (unpaired) electrons. The first-order chi connectivity index (χ1) is 11.7. The van der Waals surface area contributed by atoms with E-state index in [4.69, 9.17) is 4.42 Å². The molecule has 0 aliphatic heterocycles. The maximum absolute atomic E-state index is 11.9. The summed E-state index contributed by atoms with van der Waals surface area (Å²) >= 11 is 0. The number of nitrogens with zero attached hydrogens (tertiary/aromatic N) is 2. The van der Waals surface area contributed by atoms with E-state index in [1.54, 1.807) is 24.5 Å². The molecule has 122 valence electrons. The van der Waals surface area contributed by atoms with Crippen LogP contribution in [-0.2, 0) is 17.8 Å². The second-order valence-corrected chi connectivity index (χ2v) is 5.25. The van der Waals surface area contributed by atoms with E-state index in [0.717, 1.165) is 28.7 Å². The van der Waals surface area contributed by atoms with E-state index in [1.807, 2.05) is 31.2 Å². The van der Waals surface area contributed by atoms with Crippen molar-refractivity contribution in [1.82, 2.24) is 9.99 Å². The van der Waals surface area contributed by atoms with Gasteiger partial charge in [0.05, 0.1) is 6.21 Å². The summed E-state index contributed by atoms with van der Waals surface area (Å²) in [4.78, 5) is 23.5. The quantitative estimate of drug-likeness (QED) is 0.578. The number of benzene rings is 1. The number of hydrogen-bond donors (Lipinski definition) is 1. The van der Waals surface area contributed by atoms with E-state index in [-0.39, 0.29) is 18.0 Å². The van der Waals surface area contributed by atoms with Gasteiger partial charge in [0.15, 0.2) is 0 Å². The average molecular weight is 323 g/mol. The standard InChI is InChI=1S/C18H17N3O3/c1-2-15-14(13-7-3-4-8-16(13)24-15)11-19-20-17(22)12-21-10-6-5-9-18(21)23/h3-11H,2,12H2,1H3,(H,20,22)/b19-11-. The van der Waals surface area contributed by atoms with Crippen molar-refractivity contribution in [2.75, 3.05) is 0 Å². The van der Waals surface area contributed by atoms with Gasteiger partial charge in [-0.25, -0.2) is 5.43 Å². The van der Waals surface area contributed by atoms with Crippen LogP contribution in [0.15, 0.2) is 63.0 Å². The molecule has 6 nitrogen and oxygen atoms in total. The molecule has 0 atom stereocenters. The third-order valence-corrected chi connectivity index (χ3v) is 3.63. The lowest BCUT2D eigenvalue weighted by Crippen LogP contribution is -2.29. The molecule has 0 fully saturated rings. The van der Waals surface area contributed by atoms with Crippen LogP contribution >= 0.6 is 0 Å². The molecule has 0 saturated heterocycles. The zero-order chi connectivity index (χ0) is 16.9. The van der Waals surface area contributed by atoms with E-state index in [2.05, 4.69) is 10.5 Å². The van der Waals surface area contributed by atoms with Crippen LogP contribution in [0.3, 0.4) is 0 Å². The Labute approximate surface area is 138 Å². The number of aryl methyl sites for hydroxylation is 1. The minimum absolute atomic E-state index is 0.0796. The van der Waals surface area contributed by atoms with Crippen LogP contribution in [0.25, 0.3) is 11.0 Å². The molecule has 6 heteroatoms. The van der Waals surface area contributed by atoms with Gasteiger partial charge in [-0.15, -0.1) is 0 Å². The fraction of sp³-hybridized carbons (Fsp3) is 0.167. The smallest absolute Gasteiger partial charge is 0.260 e. The van der Waals surface area contributed by atoms with Gasteiger partial charge in [0.25, 0.3) is 11.5 Å². The molecule has 3 rings (SSSR count). The minimum Gasteiger partial charge on any atom is -0.460 e. The third-order valence-electron chi connectivity index (χ3n) is 3.63. The Hall–Kier alpha value is -3.15. The van der Waals surface area contributed by atoms with Crippen molar-refractivity contribution in [3.05, 3.63) is 70.3 Å². The Bertz CT molecular complexity index is 953. The number of pyridine rings is 1. The molecule has 2 aromatic heterocycles. The van der Waals surface area contributed by atoms with Gasteiger partial charge in [0, 0.05) is 29.6 Å². The summed E-state index contributed by atoms with van der Waals surface area (Å²) in [5.41, 5.74) is 3.85. The summed E-state index contributed by atoms with van der Waals surface area (Å²) in [5.74, 6) is 0.443. The molecule has 2 heterocycles. The number of furan rings is 1. The van der Waals surface area contributed by atoms with Crippen LogP contribution < -0.4 is 11.0 Å². The number of aromatic nitrogens is 1. The Kier molecular flexibility index (Phi) is 4.56. The van der Waals surface area contributed by atoms with Crippen LogP contribution in [0.5, 0.6) is 0 Å². The second-order valence-electron chi connectivity index (χ2n) is 5.25. The van der Waals surface area contributed by atoms with Gasteiger partial charge in [-0.1, -0.05) is 31.2 Å². The van der Waals surface area contributed by atoms with E-state index in [1.165, 1.54) is 10.6 Å². The zero-order valence-corrected chi connectivity index (χ0v) is 13.2. The highest BCUT2D eigenvalue weighted by Crippen LogP contribution is 2.24. The average Bonchev–Trinajstić information content (AvgIpc) is 2.95. The lowest BCUT2D eigenvalue weighted by molar-refractivity contribution is -0.121. The highest BCUT2D eigenvalue weighted by Gasteiger charge is 2.10. The van der Waals surface area contributed by atoms with Crippen molar-refractivity contribution in [1.29, 1.82) is 0 Å². The van der Waals surface area contributed by atoms with Crippen molar-refractivity contribution < 1.29 is 9.21 Å². The lowest BCUT2D eigenvalue weighted by Gasteiger charge is -2.03. The van der Waals surface area contributed by atoms with Crippen molar-refractivity contribution >= 4 is 23.1 Å². The molecule has 0 saturated carbocycles. The van der Waals surface area contributed by atoms with Gasteiger partial charge in [0.2, 0.25) is 0 Å². The highest BCUT2D eigenvalue weighted by atomic mass is 16.3. The summed E-state index contributed by atoms with van der Waals surface area (Å²) in [6, 6.07) is 12.4. The fourth-order valence-corrected chi connectivity index (χ4v) is 2.47. The van der Waals surface area contributed by atoms with Crippen LogP contribution in [0.1, 0.15) is 18.2 Å². The van der Waals surface area contributed by atoms with Gasteiger partial charge in [-0.05, 0) is 12.1 Å². The van der Waals surface area contributed by atoms with Gasteiger partial charge in [0.1, 0.15) is 17.9 Å². The van der Waals surface area contributed by atoms with Crippen LogP contribution in [0.4, 0.5) is 0 Å². The summed E-state index contributed by atoms with van der Waals surface area (Å²) in [7, 11) is 0. The molecule has 0 bridgehead atoms. The molecule has 1 amide bonds. The Morgan fingerprint density at radius 3 is 2.83 bits per heavy atom. The van der Waals surface area contributed by atoms with E-state index in [9.17, 15) is 9.59 Å². The third kappa shape index (κ3) is 3.27. The van der Waals surface area contributed by atoms with Gasteiger partial charge in [-0.2, -0.15) is 5.10 Å². The number of nitrogens with one attached hydrogen (secondary N) is 1. The SMILES string of the molecule is CCc1oc2ccccc2c1/C=N\NC(=O)Cn1ccccc1=O. The maximum Gasteiger partial charge on any atom is 0.260 e. The first-order valence-electron chi connectivity index (χ1n) is 7.67. The summed E-state index contributed by atoms with van der Waals surface area (Å²) < 4.78 is 7.08. The number of rotatable bonds is 5. The second kappa shape index (κ2) is 6.95. The number of para-hydroxylation sites is 1. The first-order valence-corrected chi connectivity index (χ1v) is 7.67. The molecule has 1 N–H and O–H groups in total. The van der Waals surface area contributed by atoms with Crippen LogP contribution in [0, 0.1) is 0 Å². The minimum atomic E-state index is -0.370. The number of carbonyl (C=O) groups is 1. The molecule has 0 unspecified atom stereocenters. The Morgan fingerprint density at radius 2 is 2.04 bits per heavy atom. The van der Waals surface area contributed by atoms with Crippen LogP contribution in [-0.4, -0.2) is 16.7 Å². The molecule has 3 aromatic rings. The number of fused-ring (bicyclic) bond motifs is 1. The molecule has 0 aliphatic rings. The van der Waals surface area contributed by atoms with Crippen LogP contribution in [0.2, 0.25) is 0 Å². The lowest BCUT2D eigenvalue weighted by atomic mass is 10.1. The monoisotopic (exact) mass is 323 g/mol. The normalized spacial score (nSPS) is 11.2. The van der Waals surface area contributed by atoms with E-state index >= 15 is 0 Å². The predicted octanol–water partition coefficient (Wildman–Crippen LogP) is 2.31. The fourth-order valence-electron chi connectivity index (χ4n) is 2.47. The number of hydrogen-bond acceptors (Lipinski definition) is 4. The van der Waals surface area contributed by atoms with Crippen molar-refractivity contribution in [3.8, 4) is 0 Å². The predicted molar refractivity (Wildman–Crippen MR) is 92.0 cm³/mol. The molecule has 1 aromatic carbocycles. The Balaban J connectivity index is 1.74. The molecule has 0 spiro atoms. The van der Waals surface area contributed by atoms with Crippen molar-refractivity contribution in [2.24, 2.45) is 5.10 Å². The number of carbonyl (C=O) groups excluding carboxylic acids is 1.